The van der Waals surface area contributed by atoms with Crippen molar-refractivity contribution < 1.29 is 10.2 Å². The molecule has 0 saturated carbocycles. The summed E-state index contributed by atoms with van der Waals surface area (Å²) in [7, 11) is 0. The van der Waals surface area contributed by atoms with Crippen LogP contribution >= 0.6 is 13.5 Å². The highest BCUT2D eigenvalue weighted by Crippen LogP contribution is 2.13. The SMILES string of the molecule is C.CC(C)N(C(C)C)[C@H](C)[C@H](O)CO.S. The molecule has 3 nitrogen and oxygen atoms in total. The van der Waals surface area contributed by atoms with Crippen LogP contribution < -0.4 is 0 Å². The molecule has 96 valence electrons. The van der Waals surface area contributed by atoms with Crippen LogP contribution in [-0.2, 0) is 0 Å². The minimum absolute atomic E-state index is 0. The lowest BCUT2D eigenvalue weighted by molar-refractivity contribution is -0.00699. The first kappa shape index (κ1) is 20.6. The largest absolute Gasteiger partial charge is 0.394 e. The highest BCUT2D eigenvalue weighted by molar-refractivity contribution is 7.59. The Kier molecular flexibility index (Phi) is 13.0. The molecule has 0 aliphatic carbocycles. The molecule has 0 unspecified atom stereocenters. The average molecular weight is 239 g/mol. The van der Waals surface area contributed by atoms with Crippen LogP contribution in [0.1, 0.15) is 42.0 Å². The normalized spacial score (nSPS) is 14.8. The fraction of sp³-hybridized carbons (Fsp3) is 1.00. The van der Waals surface area contributed by atoms with E-state index in [-0.39, 0.29) is 33.6 Å². The standard InChI is InChI=1S/C10H23NO2.CH4.H2S/c1-7(2)11(8(3)4)9(5)10(13)6-12;;/h7-10,12-13H,6H2,1-5H3;1H4;1H2/t9-,10-;;/m1../s1. The summed E-state index contributed by atoms with van der Waals surface area (Å²) in [5.41, 5.74) is 0. The van der Waals surface area contributed by atoms with Crippen molar-refractivity contribution in [3.8, 4) is 0 Å². The second-order valence-corrected chi connectivity index (χ2v) is 4.13. The van der Waals surface area contributed by atoms with E-state index in [1.54, 1.807) is 0 Å². The molecule has 0 amide bonds. The summed E-state index contributed by atoms with van der Waals surface area (Å²) in [5, 5.41) is 18.3. The average Bonchev–Trinajstić information content (AvgIpc) is 2.01. The van der Waals surface area contributed by atoms with Crippen LogP contribution in [0.2, 0.25) is 0 Å². The lowest BCUT2D eigenvalue weighted by Gasteiger charge is -2.38. The summed E-state index contributed by atoms with van der Waals surface area (Å²) in [6, 6.07) is 0.775. The molecule has 0 aromatic heterocycles. The predicted molar refractivity (Wildman–Crippen MR) is 71.8 cm³/mol. The number of hydrogen-bond acceptors (Lipinski definition) is 3. The van der Waals surface area contributed by atoms with Gasteiger partial charge in [0, 0.05) is 18.1 Å². The Morgan fingerprint density at radius 1 is 1.00 bits per heavy atom. The molecule has 0 spiro atoms. The lowest BCUT2D eigenvalue weighted by atomic mass is 10.1. The van der Waals surface area contributed by atoms with Crippen LogP contribution in [0, 0.1) is 0 Å². The lowest BCUT2D eigenvalue weighted by Crippen LogP contribution is -2.50. The molecule has 0 saturated heterocycles. The Labute approximate surface area is 102 Å². The third-order valence-electron chi connectivity index (χ3n) is 2.41. The van der Waals surface area contributed by atoms with Gasteiger partial charge < -0.3 is 10.2 Å². The zero-order valence-corrected chi connectivity index (χ0v) is 10.9. The quantitative estimate of drug-likeness (QED) is 0.766. The molecule has 4 heteroatoms. The van der Waals surface area contributed by atoms with Gasteiger partial charge in [-0.15, -0.1) is 0 Å². The molecule has 0 aromatic carbocycles. The van der Waals surface area contributed by atoms with Crippen LogP contribution in [0.15, 0.2) is 0 Å². The summed E-state index contributed by atoms with van der Waals surface area (Å²) in [6.07, 6.45) is -0.648. The van der Waals surface area contributed by atoms with Crippen molar-refractivity contribution in [1.29, 1.82) is 0 Å². The van der Waals surface area contributed by atoms with E-state index in [1.165, 1.54) is 0 Å². The van der Waals surface area contributed by atoms with Gasteiger partial charge in [-0.2, -0.15) is 13.5 Å². The monoisotopic (exact) mass is 239 g/mol. The summed E-state index contributed by atoms with van der Waals surface area (Å²) in [4.78, 5) is 2.20. The Morgan fingerprint density at radius 2 is 1.33 bits per heavy atom. The summed E-state index contributed by atoms with van der Waals surface area (Å²) in [6.45, 7) is 10.2. The predicted octanol–water partition coefficient (Wildman–Crippen LogP) is 1.60. The van der Waals surface area contributed by atoms with Gasteiger partial charge in [0.05, 0.1) is 12.7 Å². The third kappa shape index (κ3) is 6.40. The topological polar surface area (TPSA) is 43.7 Å². The van der Waals surface area contributed by atoms with Gasteiger partial charge in [-0.25, -0.2) is 0 Å². The molecule has 0 aliphatic rings. The minimum atomic E-state index is -0.648. The molecule has 0 heterocycles. The minimum Gasteiger partial charge on any atom is -0.394 e. The fourth-order valence-electron chi connectivity index (χ4n) is 1.89. The van der Waals surface area contributed by atoms with E-state index in [1.807, 2.05) is 6.92 Å². The Morgan fingerprint density at radius 3 is 1.53 bits per heavy atom. The van der Waals surface area contributed by atoms with Crippen molar-refractivity contribution in [2.75, 3.05) is 6.61 Å². The summed E-state index contributed by atoms with van der Waals surface area (Å²) in [5.74, 6) is 0. The van der Waals surface area contributed by atoms with E-state index < -0.39 is 6.10 Å². The second kappa shape index (κ2) is 9.46. The van der Waals surface area contributed by atoms with Gasteiger partial charge in [-0.05, 0) is 34.6 Å². The molecule has 0 aromatic rings. The molecule has 2 N–H and O–H groups in total. The maximum atomic E-state index is 9.50. The zero-order valence-electron chi connectivity index (χ0n) is 9.86. The van der Waals surface area contributed by atoms with E-state index in [4.69, 9.17) is 5.11 Å². The van der Waals surface area contributed by atoms with E-state index >= 15 is 0 Å². The first-order valence-electron chi connectivity index (χ1n) is 4.98. The van der Waals surface area contributed by atoms with Crippen molar-refractivity contribution in [1.82, 2.24) is 4.90 Å². The first-order chi connectivity index (χ1) is 5.91. The first-order valence-corrected chi connectivity index (χ1v) is 4.98. The van der Waals surface area contributed by atoms with Gasteiger partial charge in [0.15, 0.2) is 0 Å². The third-order valence-corrected chi connectivity index (χ3v) is 2.41. The van der Waals surface area contributed by atoms with Gasteiger partial charge in [0.1, 0.15) is 0 Å². The molecule has 0 aliphatic heterocycles. The van der Waals surface area contributed by atoms with Crippen LogP contribution in [0.25, 0.3) is 0 Å². The second-order valence-electron chi connectivity index (χ2n) is 4.13. The molecule has 15 heavy (non-hydrogen) atoms. The van der Waals surface area contributed by atoms with Crippen LogP contribution in [0.4, 0.5) is 0 Å². The van der Waals surface area contributed by atoms with Crippen molar-refractivity contribution in [3.63, 3.8) is 0 Å². The van der Waals surface area contributed by atoms with Crippen LogP contribution in [-0.4, -0.2) is 45.9 Å². The van der Waals surface area contributed by atoms with E-state index in [9.17, 15) is 5.11 Å². The van der Waals surface area contributed by atoms with E-state index in [2.05, 4.69) is 32.6 Å². The van der Waals surface area contributed by atoms with Gasteiger partial charge in [-0.1, -0.05) is 7.43 Å². The number of hydrogen-bond donors (Lipinski definition) is 2. The number of aliphatic hydroxyl groups is 2. The highest BCUT2D eigenvalue weighted by atomic mass is 32.1. The molecular formula is C11H29NO2S. The Bertz CT molecular complexity index is 135. The van der Waals surface area contributed by atoms with Crippen molar-refractivity contribution in [2.45, 2.75) is 66.3 Å². The van der Waals surface area contributed by atoms with Crippen molar-refractivity contribution in [2.24, 2.45) is 0 Å². The van der Waals surface area contributed by atoms with Gasteiger partial charge >= 0.3 is 0 Å². The molecular weight excluding hydrogens is 210 g/mol. The molecule has 0 rings (SSSR count). The van der Waals surface area contributed by atoms with E-state index in [0.717, 1.165) is 0 Å². The smallest absolute Gasteiger partial charge is 0.0923 e. The summed E-state index contributed by atoms with van der Waals surface area (Å²) < 4.78 is 0. The molecule has 0 bridgehead atoms. The number of nitrogens with zero attached hydrogens (tertiary/aromatic N) is 1. The number of rotatable bonds is 5. The van der Waals surface area contributed by atoms with Gasteiger partial charge in [0.2, 0.25) is 0 Å². The fourth-order valence-corrected chi connectivity index (χ4v) is 1.89. The maximum Gasteiger partial charge on any atom is 0.0923 e. The highest BCUT2D eigenvalue weighted by Gasteiger charge is 2.25. The molecule has 0 radical (unpaired) electrons. The maximum absolute atomic E-state index is 9.50. The zero-order chi connectivity index (χ0) is 10.6. The van der Waals surface area contributed by atoms with E-state index in [0.29, 0.717) is 12.1 Å². The van der Waals surface area contributed by atoms with Crippen LogP contribution in [0.5, 0.6) is 0 Å². The Balaban J connectivity index is -0.000000720. The molecule has 0 fully saturated rings. The van der Waals surface area contributed by atoms with Gasteiger partial charge in [0.25, 0.3) is 0 Å². The Hall–Kier alpha value is 0.230. The summed E-state index contributed by atoms with van der Waals surface area (Å²) >= 11 is 0. The van der Waals surface area contributed by atoms with Crippen LogP contribution in [0.3, 0.4) is 0 Å². The van der Waals surface area contributed by atoms with Crippen molar-refractivity contribution in [3.05, 3.63) is 0 Å². The van der Waals surface area contributed by atoms with Crippen molar-refractivity contribution >= 4 is 13.5 Å². The molecule has 2 atom stereocenters. The number of aliphatic hydroxyl groups excluding tert-OH is 2. The van der Waals surface area contributed by atoms with Gasteiger partial charge in [-0.3, -0.25) is 4.90 Å².